The van der Waals surface area contributed by atoms with E-state index in [1.165, 1.54) is 19.3 Å². The second-order valence-electron chi connectivity index (χ2n) is 8.24. The van der Waals surface area contributed by atoms with E-state index < -0.39 is 5.60 Å². The molecular formula is C18H32O2Y3. The molecule has 1 unspecified atom stereocenters. The third kappa shape index (κ3) is 7.46. The molecule has 5 heteroatoms. The van der Waals surface area contributed by atoms with Crippen LogP contribution in [0.5, 0.6) is 0 Å². The van der Waals surface area contributed by atoms with E-state index in [0.717, 1.165) is 32.1 Å². The summed E-state index contributed by atoms with van der Waals surface area (Å²) in [6, 6.07) is 0. The van der Waals surface area contributed by atoms with Crippen LogP contribution in [0, 0.1) is 23.2 Å². The number of hydrogen-bond acceptors (Lipinski definition) is 2. The van der Waals surface area contributed by atoms with Crippen LogP contribution < -0.4 is 0 Å². The molecule has 2 fully saturated rings. The molecule has 0 aromatic heterocycles. The minimum Gasteiger partial charge on any atom is -0.390 e. The quantitative estimate of drug-likeness (QED) is 0.557. The standard InChI is InChI=1S/C18H32O2.3Y/c1-13(7-5-11-17(2,3)20)14-9-10-15-16(19)8-6-12-18(14,15)4;;;/h13-15,20H,5-12H2,1-4H3;;;/t13-,14-,15?,18-;;;/m1.../s1. The van der Waals surface area contributed by atoms with Crippen molar-refractivity contribution in [1.29, 1.82) is 0 Å². The monoisotopic (exact) mass is 547 g/mol. The molecule has 2 nitrogen and oxygen atoms in total. The Kier molecular flexibility index (Phi) is 14.3. The number of hydrogen-bond donors (Lipinski definition) is 1. The maximum absolute atomic E-state index is 12.2. The molecule has 0 aromatic rings. The maximum Gasteiger partial charge on any atom is 0.136 e. The van der Waals surface area contributed by atoms with Crippen LogP contribution in [0.15, 0.2) is 0 Å². The molecule has 0 aliphatic heterocycles. The van der Waals surface area contributed by atoms with Crippen molar-refractivity contribution in [3.63, 3.8) is 0 Å². The maximum atomic E-state index is 12.2. The molecule has 2 aliphatic rings. The first kappa shape index (κ1) is 28.2. The van der Waals surface area contributed by atoms with Gasteiger partial charge in [0.1, 0.15) is 5.78 Å². The predicted octanol–water partition coefficient (Wildman–Crippen LogP) is 4.34. The Hall–Kier alpha value is 2.94. The van der Waals surface area contributed by atoms with Crippen LogP contribution >= 0.6 is 0 Å². The van der Waals surface area contributed by atoms with Gasteiger partial charge in [-0.3, -0.25) is 4.79 Å². The molecule has 125 valence electrons. The van der Waals surface area contributed by atoms with Crippen molar-refractivity contribution in [3.8, 4) is 0 Å². The number of carbonyl (C=O) groups is 1. The summed E-state index contributed by atoms with van der Waals surface area (Å²) < 4.78 is 0. The van der Waals surface area contributed by atoms with Gasteiger partial charge in [0.05, 0.1) is 5.60 Å². The zero-order valence-corrected chi connectivity index (χ0v) is 24.0. The van der Waals surface area contributed by atoms with E-state index in [2.05, 4.69) is 13.8 Å². The van der Waals surface area contributed by atoms with Crippen molar-refractivity contribution >= 4 is 5.78 Å². The van der Waals surface area contributed by atoms with E-state index >= 15 is 0 Å². The van der Waals surface area contributed by atoms with Crippen LogP contribution in [0.1, 0.15) is 79.1 Å². The van der Waals surface area contributed by atoms with E-state index in [1.54, 1.807) is 0 Å². The molecule has 2 aliphatic carbocycles. The normalized spacial score (nSPS) is 31.3. The molecule has 4 atom stereocenters. The summed E-state index contributed by atoms with van der Waals surface area (Å²) >= 11 is 0. The fourth-order valence-corrected chi connectivity index (χ4v) is 4.96. The first-order valence-electron chi connectivity index (χ1n) is 8.49. The SMILES string of the molecule is C[C@H](CCCC(C)(C)O)[C@H]1CCC2C(=O)CCC[C@@]21C.[Y].[Y].[Y]. The van der Waals surface area contributed by atoms with E-state index in [0.29, 0.717) is 23.5 Å². The molecule has 0 saturated heterocycles. The van der Waals surface area contributed by atoms with Gasteiger partial charge in [0, 0.05) is 110 Å². The Balaban J connectivity index is 0. The summed E-state index contributed by atoms with van der Waals surface area (Å²) in [5.41, 5.74) is -0.272. The summed E-state index contributed by atoms with van der Waals surface area (Å²) in [6.45, 7) is 8.52. The zero-order chi connectivity index (χ0) is 15.0. The fourth-order valence-electron chi connectivity index (χ4n) is 4.96. The molecule has 0 aromatic carbocycles. The second kappa shape index (κ2) is 11.7. The second-order valence-corrected chi connectivity index (χ2v) is 8.24. The molecule has 0 spiro atoms. The average molecular weight is 547 g/mol. The van der Waals surface area contributed by atoms with Gasteiger partial charge in [0.25, 0.3) is 0 Å². The van der Waals surface area contributed by atoms with Crippen LogP contribution in [0.2, 0.25) is 0 Å². The number of fused-ring (bicyclic) bond motifs is 1. The van der Waals surface area contributed by atoms with Gasteiger partial charge in [-0.25, -0.2) is 0 Å². The van der Waals surface area contributed by atoms with Gasteiger partial charge >= 0.3 is 0 Å². The number of aliphatic hydroxyl groups is 1. The fraction of sp³-hybridized carbons (Fsp3) is 0.944. The predicted molar refractivity (Wildman–Crippen MR) is 82.5 cm³/mol. The van der Waals surface area contributed by atoms with Gasteiger partial charge in [-0.1, -0.05) is 26.7 Å². The molecule has 0 heterocycles. The Morgan fingerprint density at radius 3 is 2.43 bits per heavy atom. The van der Waals surface area contributed by atoms with E-state index in [4.69, 9.17) is 0 Å². The topological polar surface area (TPSA) is 37.3 Å². The van der Waals surface area contributed by atoms with Crippen molar-refractivity contribution in [2.24, 2.45) is 23.2 Å². The van der Waals surface area contributed by atoms with Crippen molar-refractivity contribution in [1.82, 2.24) is 0 Å². The van der Waals surface area contributed by atoms with Crippen LogP contribution in [-0.2, 0) is 103 Å². The molecule has 0 amide bonds. The van der Waals surface area contributed by atoms with Gasteiger partial charge in [-0.15, -0.1) is 0 Å². The smallest absolute Gasteiger partial charge is 0.136 e. The summed E-state index contributed by atoms with van der Waals surface area (Å²) in [5.74, 6) is 2.26. The number of ketones is 1. The number of carbonyl (C=O) groups excluding carboxylic acids is 1. The van der Waals surface area contributed by atoms with Crippen LogP contribution in [-0.4, -0.2) is 16.5 Å². The van der Waals surface area contributed by atoms with Gasteiger partial charge in [0.2, 0.25) is 0 Å². The average Bonchev–Trinajstić information content (AvgIpc) is 2.66. The summed E-state index contributed by atoms with van der Waals surface area (Å²) in [5, 5.41) is 9.82. The molecule has 2 saturated carbocycles. The van der Waals surface area contributed by atoms with E-state index in [9.17, 15) is 9.90 Å². The summed E-state index contributed by atoms with van der Waals surface area (Å²) in [7, 11) is 0. The van der Waals surface area contributed by atoms with Gasteiger partial charge in [0.15, 0.2) is 0 Å². The van der Waals surface area contributed by atoms with Gasteiger partial charge < -0.3 is 5.11 Å². The van der Waals surface area contributed by atoms with Crippen LogP contribution in [0.25, 0.3) is 0 Å². The molecule has 23 heavy (non-hydrogen) atoms. The number of rotatable bonds is 5. The molecule has 2 rings (SSSR count). The van der Waals surface area contributed by atoms with E-state index in [-0.39, 0.29) is 104 Å². The molecule has 0 bridgehead atoms. The number of Topliss-reactive ketones (excluding diaryl/α,β-unsaturated/α-hetero) is 1. The molecular weight excluding hydrogens is 515 g/mol. The Labute approximate surface area is 218 Å². The Morgan fingerprint density at radius 2 is 1.87 bits per heavy atom. The Bertz CT molecular complexity index is 368. The van der Waals surface area contributed by atoms with Crippen LogP contribution in [0.4, 0.5) is 0 Å². The molecule has 3 radical (unpaired) electrons. The molecule has 1 N–H and O–H groups in total. The van der Waals surface area contributed by atoms with Crippen molar-refractivity contribution in [3.05, 3.63) is 0 Å². The van der Waals surface area contributed by atoms with Crippen molar-refractivity contribution in [2.45, 2.75) is 84.7 Å². The van der Waals surface area contributed by atoms with Crippen LogP contribution in [0.3, 0.4) is 0 Å². The van der Waals surface area contributed by atoms with E-state index in [1.807, 2.05) is 13.8 Å². The first-order chi connectivity index (χ1) is 9.24. The third-order valence-corrected chi connectivity index (χ3v) is 6.07. The largest absolute Gasteiger partial charge is 0.390 e. The van der Waals surface area contributed by atoms with Gasteiger partial charge in [-0.05, 0) is 63.2 Å². The van der Waals surface area contributed by atoms with Gasteiger partial charge in [-0.2, -0.15) is 0 Å². The first-order valence-corrected chi connectivity index (χ1v) is 8.49. The summed E-state index contributed by atoms with van der Waals surface area (Å²) in [4.78, 5) is 12.2. The van der Waals surface area contributed by atoms with Crippen molar-refractivity contribution in [2.75, 3.05) is 0 Å². The summed E-state index contributed by atoms with van der Waals surface area (Å²) in [6.07, 6.45) is 8.67. The zero-order valence-electron chi connectivity index (χ0n) is 15.5. The van der Waals surface area contributed by atoms with Crippen molar-refractivity contribution < 1.29 is 108 Å². The Morgan fingerprint density at radius 1 is 1.26 bits per heavy atom. The third-order valence-electron chi connectivity index (χ3n) is 6.07. The minimum atomic E-state index is -0.539. The minimum absolute atomic E-state index is 0.